The number of carbonyl (C=O) groups is 2. The van der Waals surface area contributed by atoms with Crippen LogP contribution in [0.5, 0.6) is 0 Å². The number of hydrogen-bond donors (Lipinski definition) is 1. The van der Waals surface area contributed by atoms with E-state index in [1.165, 1.54) is 16.7 Å². The fourth-order valence-corrected chi connectivity index (χ4v) is 2.40. The number of aryl methyl sites for hydroxylation is 1. The van der Waals surface area contributed by atoms with Gasteiger partial charge in [-0.3, -0.25) is 9.59 Å². The molecule has 1 amide bonds. The van der Waals surface area contributed by atoms with Gasteiger partial charge in [-0.1, -0.05) is 0 Å². The van der Waals surface area contributed by atoms with Crippen molar-refractivity contribution in [2.75, 3.05) is 0 Å². The van der Waals surface area contributed by atoms with E-state index in [1.54, 1.807) is 12.5 Å². The quantitative estimate of drug-likeness (QED) is 0.613. The number of nitrogens with two attached hydrogens (primary N) is 1. The van der Waals surface area contributed by atoms with Crippen molar-refractivity contribution in [2.24, 2.45) is 5.73 Å². The first-order valence-electron chi connectivity index (χ1n) is 5.91. The largest absolute Gasteiger partial charge is 0.364 e. The minimum Gasteiger partial charge on any atom is -0.364 e. The predicted molar refractivity (Wildman–Crippen MR) is 71.0 cm³/mol. The van der Waals surface area contributed by atoms with Crippen molar-refractivity contribution < 1.29 is 9.59 Å². The van der Waals surface area contributed by atoms with Crippen molar-refractivity contribution in [3.05, 3.63) is 34.8 Å². The highest BCUT2D eigenvalue weighted by Gasteiger charge is 2.13. The molecule has 2 rings (SSSR count). The number of amides is 1. The highest BCUT2D eigenvalue weighted by molar-refractivity contribution is 7.11. The molecule has 0 bridgehead atoms. The first kappa shape index (κ1) is 13.4. The average Bonchev–Trinajstić information content (AvgIpc) is 3.05. The summed E-state index contributed by atoms with van der Waals surface area (Å²) < 4.78 is 1.97. The number of unbranched alkanes of at least 4 members (excludes halogenated alkanes) is 1. The summed E-state index contributed by atoms with van der Waals surface area (Å²) in [6, 6.07) is 0. The third kappa shape index (κ3) is 3.72. The first-order valence-corrected chi connectivity index (χ1v) is 6.79. The molecule has 100 valence electrons. The summed E-state index contributed by atoms with van der Waals surface area (Å²) in [4.78, 5) is 30.6. The van der Waals surface area contributed by atoms with E-state index in [2.05, 4.69) is 9.97 Å². The molecule has 0 aliphatic heterocycles. The van der Waals surface area contributed by atoms with Gasteiger partial charge in [-0.05, 0) is 12.8 Å². The number of carbonyl (C=O) groups excluding carboxylic acids is 2. The molecule has 2 heterocycles. The number of hydrogen-bond acceptors (Lipinski definition) is 5. The summed E-state index contributed by atoms with van der Waals surface area (Å²) in [6.45, 7) is 0.845. The minimum absolute atomic E-state index is 0.0388. The van der Waals surface area contributed by atoms with Crippen molar-refractivity contribution in [1.82, 2.24) is 14.5 Å². The topological polar surface area (TPSA) is 90.9 Å². The molecule has 7 heteroatoms. The maximum Gasteiger partial charge on any atom is 0.268 e. The van der Waals surface area contributed by atoms with Crippen molar-refractivity contribution in [2.45, 2.75) is 25.8 Å². The second-order valence-electron chi connectivity index (χ2n) is 4.08. The van der Waals surface area contributed by atoms with Crippen molar-refractivity contribution in [3.63, 3.8) is 0 Å². The number of thiazole rings is 1. The highest BCUT2D eigenvalue weighted by Crippen LogP contribution is 2.13. The fourth-order valence-electron chi connectivity index (χ4n) is 1.62. The molecule has 19 heavy (non-hydrogen) atoms. The molecule has 0 spiro atoms. The van der Waals surface area contributed by atoms with Gasteiger partial charge >= 0.3 is 0 Å². The van der Waals surface area contributed by atoms with Gasteiger partial charge in [-0.2, -0.15) is 0 Å². The fraction of sp³-hybridized carbons (Fsp3) is 0.333. The van der Waals surface area contributed by atoms with E-state index in [-0.39, 0.29) is 11.5 Å². The molecule has 0 aromatic carbocycles. The summed E-state index contributed by atoms with van der Waals surface area (Å²) in [5.41, 5.74) is 5.25. The van der Waals surface area contributed by atoms with Gasteiger partial charge in [-0.25, -0.2) is 9.97 Å². The van der Waals surface area contributed by atoms with Gasteiger partial charge in [0.05, 0.1) is 6.33 Å². The van der Waals surface area contributed by atoms with E-state index < -0.39 is 5.91 Å². The second kappa shape index (κ2) is 6.24. The van der Waals surface area contributed by atoms with Crippen LogP contribution in [0.4, 0.5) is 0 Å². The molecule has 0 saturated carbocycles. The molecule has 2 N–H and O–H groups in total. The smallest absolute Gasteiger partial charge is 0.268 e. The average molecular weight is 278 g/mol. The van der Waals surface area contributed by atoms with Crippen LogP contribution in [0.2, 0.25) is 0 Å². The van der Waals surface area contributed by atoms with Gasteiger partial charge in [0.2, 0.25) is 0 Å². The van der Waals surface area contributed by atoms with Crippen LogP contribution in [0.25, 0.3) is 0 Å². The number of nitrogens with zero attached hydrogens (tertiary/aromatic N) is 3. The summed E-state index contributed by atoms with van der Waals surface area (Å²) in [5.74, 6) is -0.640. The molecule has 0 unspecified atom stereocenters. The van der Waals surface area contributed by atoms with Crippen LogP contribution in [0, 0.1) is 0 Å². The zero-order valence-corrected chi connectivity index (χ0v) is 11.1. The van der Waals surface area contributed by atoms with Gasteiger partial charge in [0, 0.05) is 30.7 Å². The molecule has 2 aromatic heterocycles. The van der Waals surface area contributed by atoms with Crippen LogP contribution in [0.1, 0.15) is 39.6 Å². The van der Waals surface area contributed by atoms with Gasteiger partial charge < -0.3 is 10.3 Å². The van der Waals surface area contributed by atoms with E-state index in [4.69, 9.17) is 5.73 Å². The molecule has 0 aliphatic rings. The lowest BCUT2D eigenvalue weighted by Gasteiger charge is -2.00. The summed E-state index contributed by atoms with van der Waals surface area (Å²) >= 11 is 1.17. The Hall–Kier alpha value is -2.02. The monoisotopic (exact) mass is 278 g/mol. The Morgan fingerprint density at radius 1 is 1.37 bits per heavy atom. The van der Waals surface area contributed by atoms with Crippen LogP contribution in [0.3, 0.4) is 0 Å². The number of rotatable bonds is 7. The number of aromatic nitrogens is 3. The Labute approximate surface area is 114 Å². The molecule has 0 saturated heterocycles. The van der Waals surface area contributed by atoms with Crippen LogP contribution in [-0.2, 0) is 6.54 Å². The zero-order chi connectivity index (χ0) is 13.7. The summed E-state index contributed by atoms with van der Waals surface area (Å²) in [7, 11) is 0. The SMILES string of the molecule is NC(=O)c1csc(C(=O)CCCCn2ccnc2)n1. The maximum atomic E-state index is 11.8. The first-order chi connectivity index (χ1) is 9.16. The lowest BCUT2D eigenvalue weighted by atomic mass is 10.2. The van der Waals surface area contributed by atoms with Gasteiger partial charge in [0.1, 0.15) is 5.69 Å². The molecule has 2 aromatic rings. The maximum absolute atomic E-state index is 11.8. The van der Waals surface area contributed by atoms with Crippen molar-refractivity contribution >= 4 is 23.0 Å². The van der Waals surface area contributed by atoms with Gasteiger partial charge in [-0.15, -0.1) is 11.3 Å². The summed E-state index contributed by atoms with van der Waals surface area (Å²) in [6.07, 6.45) is 7.48. The second-order valence-corrected chi connectivity index (χ2v) is 4.94. The molecular formula is C12H14N4O2S. The van der Waals surface area contributed by atoms with Crippen LogP contribution in [-0.4, -0.2) is 26.2 Å². The van der Waals surface area contributed by atoms with E-state index in [0.29, 0.717) is 11.4 Å². The third-order valence-corrected chi connectivity index (χ3v) is 3.51. The predicted octanol–water partition coefficient (Wildman–Crippen LogP) is 1.49. The van der Waals surface area contributed by atoms with E-state index in [1.807, 2.05) is 10.8 Å². The van der Waals surface area contributed by atoms with E-state index in [0.717, 1.165) is 19.4 Å². The Balaban J connectivity index is 1.76. The Bertz CT molecular complexity index is 562. The molecular weight excluding hydrogens is 264 g/mol. The van der Waals surface area contributed by atoms with E-state index >= 15 is 0 Å². The van der Waals surface area contributed by atoms with Crippen molar-refractivity contribution in [1.29, 1.82) is 0 Å². The zero-order valence-electron chi connectivity index (χ0n) is 10.3. The lowest BCUT2D eigenvalue weighted by Crippen LogP contribution is -2.11. The Morgan fingerprint density at radius 2 is 2.21 bits per heavy atom. The number of imidazole rings is 1. The lowest BCUT2D eigenvalue weighted by molar-refractivity contribution is 0.0978. The highest BCUT2D eigenvalue weighted by atomic mass is 32.1. The Morgan fingerprint density at radius 3 is 2.84 bits per heavy atom. The van der Waals surface area contributed by atoms with Crippen molar-refractivity contribution in [3.8, 4) is 0 Å². The third-order valence-electron chi connectivity index (χ3n) is 2.62. The van der Waals surface area contributed by atoms with E-state index in [9.17, 15) is 9.59 Å². The Kier molecular flexibility index (Phi) is 4.40. The molecule has 6 nitrogen and oxygen atoms in total. The number of ketones is 1. The molecule has 0 radical (unpaired) electrons. The molecule has 0 aliphatic carbocycles. The van der Waals surface area contributed by atoms with Crippen LogP contribution in [0.15, 0.2) is 24.1 Å². The standard InChI is InChI=1S/C12H14N4O2S/c13-11(18)9-7-19-12(15-9)10(17)3-1-2-5-16-6-4-14-8-16/h4,6-8H,1-3,5H2,(H2,13,18). The number of primary amides is 1. The normalized spacial score (nSPS) is 10.5. The molecule has 0 fully saturated rings. The van der Waals surface area contributed by atoms with Crippen LogP contribution < -0.4 is 5.73 Å². The number of Topliss-reactive ketones (excluding diaryl/α,β-unsaturated/α-hetero) is 1. The van der Waals surface area contributed by atoms with Gasteiger partial charge in [0.15, 0.2) is 10.8 Å². The summed E-state index contributed by atoms with van der Waals surface area (Å²) in [5, 5.41) is 1.87. The minimum atomic E-state index is -0.601. The van der Waals surface area contributed by atoms with Crippen LogP contribution >= 0.6 is 11.3 Å². The molecule has 0 atom stereocenters. The van der Waals surface area contributed by atoms with Gasteiger partial charge in [0.25, 0.3) is 5.91 Å².